The Bertz CT molecular complexity index is 287. The lowest BCUT2D eigenvalue weighted by atomic mass is 9.93. The summed E-state index contributed by atoms with van der Waals surface area (Å²) in [6, 6.07) is 0.644. The summed E-state index contributed by atoms with van der Waals surface area (Å²) < 4.78 is 22.1. The van der Waals surface area contributed by atoms with Crippen molar-refractivity contribution in [2.24, 2.45) is 5.92 Å². The van der Waals surface area contributed by atoms with Gasteiger partial charge in [0.1, 0.15) is 9.84 Å². The van der Waals surface area contributed by atoms with Crippen molar-refractivity contribution < 1.29 is 8.42 Å². The molecule has 1 fully saturated rings. The van der Waals surface area contributed by atoms with Gasteiger partial charge >= 0.3 is 0 Å². The standard InChI is InChI=1S/C12H25NO2S/c1-13-12-8-4-3-6-11(10-12)7-5-9-16(2,14)15/h11-13H,3-10H2,1-2H3. The highest BCUT2D eigenvalue weighted by Gasteiger charge is 2.19. The zero-order valence-electron chi connectivity index (χ0n) is 10.5. The largest absolute Gasteiger partial charge is 0.317 e. The molecule has 1 saturated carbocycles. The van der Waals surface area contributed by atoms with E-state index < -0.39 is 9.84 Å². The molecule has 0 spiro atoms. The van der Waals surface area contributed by atoms with Crippen LogP contribution in [0.5, 0.6) is 0 Å². The Morgan fingerprint density at radius 1 is 1.25 bits per heavy atom. The molecule has 2 atom stereocenters. The van der Waals surface area contributed by atoms with Gasteiger partial charge in [-0.2, -0.15) is 0 Å². The SMILES string of the molecule is CNC1CCCCC(CCCS(C)(=O)=O)C1. The molecule has 0 aromatic heterocycles. The fraction of sp³-hybridized carbons (Fsp3) is 1.00. The van der Waals surface area contributed by atoms with E-state index in [0.29, 0.717) is 11.8 Å². The average molecular weight is 247 g/mol. The number of nitrogens with one attached hydrogen (secondary N) is 1. The summed E-state index contributed by atoms with van der Waals surface area (Å²) in [6.07, 6.45) is 9.64. The van der Waals surface area contributed by atoms with Crippen molar-refractivity contribution >= 4 is 9.84 Å². The molecule has 1 aliphatic rings. The predicted molar refractivity (Wildman–Crippen MR) is 68.4 cm³/mol. The maximum absolute atomic E-state index is 11.0. The van der Waals surface area contributed by atoms with E-state index >= 15 is 0 Å². The van der Waals surface area contributed by atoms with Crippen molar-refractivity contribution in [2.75, 3.05) is 19.1 Å². The fourth-order valence-corrected chi connectivity index (χ4v) is 3.31. The van der Waals surface area contributed by atoms with Gasteiger partial charge in [-0.25, -0.2) is 8.42 Å². The van der Waals surface area contributed by atoms with E-state index in [1.807, 2.05) is 7.05 Å². The first-order valence-electron chi connectivity index (χ1n) is 6.36. The molecule has 0 saturated heterocycles. The van der Waals surface area contributed by atoms with E-state index in [2.05, 4.69) is 5.32 Å². The Kier molecular flexibility index (Phi) is 5.76. The zero-order valence-corrected chi connectivity index (χ0v) is 11.4. The monoisotopic (exact) mass is 247 g/mol. The second kappa shape index (κ2) is 6.60. The molecule has 16 heavy (non-hydrogen) atoms. The number of sulfone groups is 1. The molecule has 0 bridgehead atoms. The highest BCUT2D eigenvalue weighted by Crippen LogP contribution is 2.26. The third-order valence-corrected chi connectivity index (χ3v) is 4.60. The predicted octanol–water partition coefficient (Wildman–Crippen LogP) is 1.98. The van der Waals surface area contributed by atoms with Crippen LogP contribution in [0.3, 0.4) is 0 Å². The van der Waals surface area contributed by atoms with E-state index in [9.17, 15) is 8.42 Å². The maximum atomic E-state index is 11.0. The molecule has 0 heterocycles. The molecule has 0 radical (unpaired) electrons. The molecule has 1 N–H and O–H groups in total. The fourth-order valence-electron chi connectivity index (χ4n) is 2.62. The minimum atomic E-state index is -2.77. The number of hydrogen-bond acceptors (Lipinski definition) is 3. The van der Waals surface area contributed by atoms with Crippen molar-refractivity contribution in [1.29, 1.82) is 0 Å². The van der Waals surface area contributed by atoms with E-state index in [1.165, 1.54) is 38.4 Å². The summed E-state index contributed by atoms with van der Waals surface area (Å²) in [5.74, 6) is 1.08. The topological polar surface area (TPSA) is 46.2 Å². The molecule has 0 aromatic rings. The van der Waals surface area contributed by atoms with Gasteiger partial charge in [0.25, 0.3) is 0 Å². The quantitative estimate of drug-likeness (QED) is 0.756. The first-order chi connectivity index (χ1) is 7.51. The Balaban J connectivity index is 2.29. The van der Waals surface area contributed by atoms with E-state index in [-0.39, 0.29) is 0 Å². The molecular formula is C12H25NO2S. The van der Waals surface area contributed by atoms with Crippen LogP contribution < -0.4 is 5.32 Å². The summed E-state index contributed by atoms with van der Waals surface area (Å²) in [6.45, 7) is 0. The van der Waals surface area contributed by atoms with Crippen LogP contribution in [0.15, 0.2) is 0 Å². The van der Waals surface area contributed by atoms with Crippen molar-refractivity contribution in [3.8, 4) is 0 Å². The lowest BCUT2D eigenvalue weighted by Crippen LogP contribution is -2.26. The Labute approximate surface area is 99.9 Å². The zero-order chi connectivity index (χ0) is 12.0. The van der Waals surface area contributed by atoms with Gasteiger partial charge in [-0.3, -0.25) is 0 Å². The minimum Gasteiger partial charge on any atom is -0.317 e. The molecule has 0 amide bonds. The van der Waals surface area contributed by atoms with Crippen LogP contribution in [0.1, 0.15) is 44.9 Å². The third-order valence-electron chi connectivity index (χ3n) is 3.57. The molecule has 2 unspecified atom stereocenters. The Morgan fingerprint density at radius 2 is 1.94 bits per heavy atom. The van der Waals surface area contributed by atoms with Crippen LogP contribution in [0.25, 0.3) is 0 Å². The molecule has 3 nitrogen and oxygen atoms in total. The van der Waals surface area contributed by atoms with Crippen LogP contribution in [0.4, 0.5) is 0 Å². The van der Waals surface area contributed by atoms with Gasteiger partial charge in [-0.15, -0.1) is 0 Å². The summed E-state index contributed by atoms with van der Waals surface area (Å²) in [5.41, 5.74) is 0. The molecule has 1 rings (SSSR count). The molecular weight excluding hydrogens is 222 g/mol. The highest BCUT2D eigenvalue weighted by molar-refractivity contribution is 7.90. The molecule has 0 aliphatic heterocycles. The van der Waals surface area contributed by atoms with Gasteiger partial charge in [0, 0.05) is 18.1 Å². The van der Waals surface area contributed by atoms with Crippen LogP contribution in [0, 0.1) is 5.92 Å². The maximum Gasteiger partial charge on any atom is 0.147 e. The van der Waals surface area contributed by atoms with Crippen molar-refractivity contribution in [1.82, 2.24) is 5.32 Å². The van der Waals surface area contributed by atoms with E-state index in [4.69, 9.17) is 0 Å². The van der Waals surface area contributed by atoms with Gasteiger partial charge in [0.2, 0.25) is 0 Å². The van der Waals surface area contributed by atoms with Crippen LogP contribution in [-0.4, -0.2) is 33.5 Å². The third kappa shape index (κ3) is 5.85. The van der Waals surface area contributed by atoms with Gasteiger partial charge in [0.05, 0.1) is 0 Å². The van der Waals surface area contributed by atoms with Gasteiger partial charge < -0.3 is 5.32 Å². The van der Waals surface area contributed by atoms with Crippen molar-refractivity contribution in [3.05, 3.63) is 0 Å². The van der Waals surface area contributed by atoms with Gasteiger partial charge in [0.15, 0.2) is 0 Å². The lowest BCUT2D eigenvalue weighted by Gasteiger charge is -2.19. The molecule has 1 aliphatic carbocycles. The number of rotatable bonds is 5. The first kappa shape index (κ1) is 14.0. The van der Waals surface area contributed by atoms with Crippen LogP contribution in [0.2, 0.25) is 0 Å². The highest BCUT2D eigenvalue weighted by atomic mass is 32.2. The summed E-state index contributed by atoms with van der Waals surface area (Å²) in [4.78, 5) is 0. The van der Waals surface area contributed by atoms with Crippen molar-refractivity contribution in [2.45, 2.75) is 51.0 Å². The normalized spacial score (nSPS) is 27.6. The van der Waals surface area contributed by atoms with E-state index in [0.717, 1.165) is 18.8 Å². The summed E-state index contributed by atoms with van der Waals surface area (Å²) in [7, 11) is -0.737. The Morgan fingerprint density at radius 3 is 2.56 bits per heavy atom. The minimum absolute atomic E-state index is 0.355. The van der Waals surface area contributed by atoms with Crippen LogP contribution >= 0.6 is 0 Å². The van der Waals surface area contributed by atoms with Crippen LogP contribution in [-0.2, 0) is 9.84 Å². The van der Waals surface area contributed by atoms with Gasteiger partial charge in [-0.1, -0.05) is 19.3 Å². The lowest BCUT2D eigenvalue weighted by molar-refractivity contribution is 0.378. The molecule has 96 valence electrons. The molecule has 4 heteroatoms. The molecule has 0 aromatic carbocycles. The smallest absolute Gasteiger partial charge is 0.147 e. The average Bonchev–Trinajstić information content (AvgIpc) is 2.41. The number of hydrogen-bond donors (Lipinski definition) is 1. The van der Waals surface area contributed by atoms with Crippen molar-refractivity contribution in [3.63, 3.8) is 0 Å². The summed E-state index contributed by atoms with van der Waals surface area (Å²) in [5, 5.41) is 3.36. The van der Waals surface area contributed by atoms with Gasteiger partial charge in [-0.05, 0) is 38.6 Å². The first-order valence-corrected chi connectivity index (χ1v) is 8.42. The second-order valence-electron chi connectivity index (χ2n) is 5.14. The van der Waals surface area contributed by atoms with E-state index in [1.54, 1.807) is 0 Å². The second-order valence-corrected chi connectivity index (χ2v) is 7.40. The summed E-state index contributed by atoms with van der Waals surface area (Å²) >= 11 is 0. The Hall–Kier alpha value is -0.0900.